The lowest BCUT2D eigenvalue weighted by Gasteiger charge is -2.27. The predicted octanol–water partition coefficient (Wildman–Crippen LogP) is 2.62. The number of carbonyl (C=O) groups is 1. The van der Waals surface area contributed by atoms with Crippen LogP contribution in [0.25, 0.3) is 0 Å². The van der Waals surface area contributed by atoms with Gasteiger partial charge in [-0.25, -0.2) is 9.78 Å². The first kappa shape index (κ1) is 12.4. The fraction of sp³-hybridized carbons (Fsp3) is 0.500. The number of rotatable bonds is 2. The molecule has 0 atom stereocenters. The van der Waals surface area contributed by atoms with Crippen molar-refractivity contribution in [3.63, 3.8) is 0 Å². The standard InChI is InChI=1S/C12H15BrN2O2/c1-17-12(16)11-9(13)5-6-10(14-11)15-7-3-2-4-8-15/h5-6H,2-4,7-8H2,1H3. The third-order valence-electron chi connectivity index (χ3n) is 2.89. The SMILES string of the molecule is COC(=O)c1nc(N2CCCCC2)ccc1Br. The van der Waals surface area contributed by atoms with Crippen LogP contribution in [0.4, 0.5) is 5.82 Å². The summed E-state index contributed by atoms with van der Waals surface area (Å²) < 4.78 is 5.38. The monoisotopic (exact) mass is 298 g/mol. The average Bonchev–Trinajstić information content (AvgIpc) is 2.39. The number of piperidine rings is 1. The van der Waals surface area contributed by atoms with E-state index in [0.717, 1.165) is 18.9 Å². The fourth-order valence-electron chi connectivity index (χ4n) is 1.97. The fourth-order valence-corrected chi connectivity index (χ4v) is 2.35. The molecule has 5 heteroatoms. The zero-order valence-electron chi connectivity index (χ0n) is 9.78. The van der Waals surface area contributed by atoms with Crippen LogP contribution in [0.3, 0.4) is 0 Å². The minimum atomic E-state index is -0.407. The Morgan fingerprint density at radius 1 is 1.35 bits per heavy atom. The number of hydrogen-bond donors (Lipinski definition) is 0. The summed E-state index contributed by atoms with van der Waals surface area (Å²) in [6.07, 6.45) is 3.65. The van der Waals surface area contributed by atoms with Crippen molar-refractivity contribution in [3.05, 3.63) is 22.3 Å². The molecule has 0 N–H and O–H groups in total. The van der Waals surface area contributed by atoms with Crippen molar-refractivity contribution in [3.8, 4) is 0 Å². The summed E-state index contributed by atoms with van der Waals surface area (Å²) in [6.45, 7) is 2.02. The second kappa shape index (κ2) is 5.49. The third kappa shape index (κ3) is 2.77. The number of anilines is 1. The van der Waals surface area contributed by atoms with E-state index >= 15 is 0 Å². The van der Waals surface area contributed by atoms with E-state index in [0.29, 0.717) is 10.2 Å². The molecular formula is C12H15BrN2O2. The summed E-state index contributed by atoms with van der Waals surface area (Å²) >= 11 is 3.31. The molecule has 1 fully saturated rings. The van der Waals surface area contributed by atoms with Crippen molar-refractivity contribution in [1.82, 2.24) is 4.98 Å². The number of methoxy groups -OCH3 is 1. The zero-order valence-corrected chi connectivity index (χ0v) is 11.4. The van der Waals surface area contributed by atoms with E-state index in [2.05, 4.69) is 25.8 Å². The number of pyridine rings is 1. The second-order valence-corrected chi connectivity index (χ2v) is 4.89. The molecule has 1 saturated heterocycles. The number of nitrogens with zero attached hydrogens (tertiary/aromatic N) is 2. The summed E-state index contributed by atoms with van der Waals surface area (Å²) in [4.78, 5) is 18.1. The van der Waals surface area contributed by atoms with E-state index in [-0.39, 0.29) is 0 Å². The maximum atomic E-state index is 11.5. The average molecular weight is 299 g/mol. The molecule has 92 valence electrons. The molecule has 1 aromatic heterocycles. The van der Waals surface area contributed by atoms with Gasteiger partial charge in [0.05, 0.1) is 11.6 Å². The van der Waals surface area contributed by atoms with Gasteiger partial charge in [0.1, 0.15) is 5.82 Å². The van der Waals surface area contributed by atoms with Gasteiger partial charge >= 0.3 is 5.97 Å². The van der Waals surface area contributed by atoms with Gasteiger partial charge < -0.3 is 9.64 Å². The molecule has 1 aliphatic rings. The van der Waals surface area contributed by atoms with Crippen molar-refractivity contribution in [1.29, 1.82) is 0 Å². The number of carbonyl (C=O) groups excluding carboxylic acids is 1. The van der Waals surface area contributed by atoms with Crippen LogP contribution < -0.4 is 4.90 Å². The quantitative estimate of drug-likeness (QED) is 0.787. The van der Waals surface area contributed by atoms with Crippen molar-refractivity contribution in [2.45, 2.75) is 19.3 Å². The van der Waals surface area contributed by atoms with Gasteiger partial charge in [0.15, 0.2) is 5.69 Å². The molecule has 0 aliphatic carbocycles. The molecule has 0 bridgehead atoms. The van der Waals surface area contributed by atoms with Gasteiger partial charge in [-0.1, -0.05) is 0 Å². The molecular weight excluding hydrogens is 284 g/mol. The molecule has 2 rings (SSSR count). The predicted molar refractivity (Wildman–Crippen MR) is 69.3 cm³/mol. The van der Waals surface area contributed by atoms with Crippen LogP contribution in [-0.2, 0) is 4.74 Å². The molecule has 2 heterocycles. The van der Waals surface area contributed by atoms with Gasteiger partial charge in [-0.2, -0.15) is 0 Å². The highest BCUT2D eigenvalue weighted by molar-refractivity contribution is 9.10. The van der Waals surface area contributed by atoms with Gasteiger partial charge in [-0.15, -0.1) is 0 Å². The van der Waals surface area contributed by atoms with E-state index in [1.165, 1.54) is 26.4 Å². The van der Waals surface area contributed by atoms with E-state index in [4.69, 9.17) is 4.74 Å². The summed E-state index contributed by atoms with van der Waals surface area (Å²) in [5, 5.41) is 0. The summed E-state index contributed by atoms with van der Waals surface area (Å²) in [6, 6.07) is 3.78. The van der Waals surface area contributed by atoms with Crippen molar-refractivity contribution >= 4 is 27.7 Å². The molecule has 0 saturated carbocycles. The molecule has 0 spiro atoms. The Kier molecular flexibility index (Phi) is 3.99. The molecule has 4 nitrogen and oxygen atoms in total. The number of esters is 1. The number of aromatic nitrogens is 1. The Labute approximate surface area is 109 Å². The Hall–Kier alpha value is -1.10. The summed E-state index contributed by atoms with van der Waals surface area (Å²) in [5.74, 6) is 0.448. The zero-order chi connectivity index (χ0) is 12.3. The smallest absolute Gasteiger partial charge is 0.357 e. The number of ether oxygens (including phenoxy) is 1. The molecule has 17 heavy (non-hydrogen) atoms. The Morgan fingerprint density at radius 3 is 2.71 bits per heavy atom. The highest BCUT2D eigenvalue weighted by Crippen LogP contribution is 2.22. The van der Waals surface area contributed by atoms with Crippen molar-refractivity contribution < 1.29 is 9.53 Å². The van der Waals surface area contributed by atoms with Gasteiger partial charge in [-0.3, -0.25) is 0 Å². The maximum absolute atomic E-state index is 11.5. The van der Waals surface area contributed by atoms with Gasteiger partial charge in [0.25, 0.3) is 0 Å². The van der Waals surface area contributed by atoms with Crippen molar-refractivity contribution in [2.24, 2.45) is 0 Å². The third-order valence-corrected chi connectivity index (χ3v) is 3.53. The molecule has 0 unspecified atom stereocenters. The lowest BCUT2D eigenvalue weighted by Crippen LogP contribution is -2.30. The first-order chi connectivity index (χ1) is 8.22. The second-order valence-electron chi connectivity index (χ2n) is 4.04. The van der Waals surface area contributed by atoms with Crippen LogP contribution in [-0.4, -0.2) is 31.2 Å². The van der Waals surface area contributed by atoms with Crippen LogP contribution >= 0.6 is 15.9 Å². The Balaban J connectivity index is 2.26. The first-order valence-corrected chi connectivity index (χ1v) is 6.51. The highest BCUT2D eigenvalue weighted by Gasteiger charge is 2.17. The lowest BCUT2D eigenvalue weighted by atomic mass is 10.1. The molecule has 1 aromatic rings. The normalized spacial score (nSPS) is 15.8. The summed E-state index contributed by atoms with van der Waals surface area (Å²) in [7, 11) is 1.37. The maximum Gasteiger partial charge on any atom is 0.357 e. The van der Waals surface area contributed by atoms with Crippen molar-refractivity contribution in [2.75, 3.05) is 25.1 Å². The van der Waals surface area contributed by atoms with Gasteiger partial charge in [0.2, 0.25) is 0 Å². The molecule has 0 aromatic carbocycles. The van der Waals surface area contributed by atoms with E-state index < -0.39 is 5.97 Å². The topological polar surface area (TPSA) is 42.4 Å². The van der Waals surface area contributed by atoms with Gasteiger partial charge in [0, 0.05) is 13.1 Å². The van der Waals surface area contributed by atoms with Crippen LogP contribution in [0.1, 0.15) is 29.8 Å². The Morgan fingerprint density at radius 2 is 2.06 bits per heavy atom. The molecule has 1 aliphatic heterocycles. The van der Waals surface area contributed by atoms with E-state index in [9.17, 15) is 4.79 Å². The number of halogens is 1. The summed E-state index contributed by atoms with van der Waals surface area (Å²) in [5.41, 5.74) is 0.343. The highest BCUT2D eigenvalue weighted by atomic mass is 79.9. The van der Waals surface area contributed by atoms with E-state index in [1.807, 2.05) is 12.1 Å². The van der Waals surface area contributed by atoms with E-state index in [1.54, 1.807) is 0 Å². The Bertz CT molecular complexity index is 417. The molecule has 0 amide bonds. The minimum Gasteiger partial charge on any atom is -0.464 e. The largest absolute Gasteiger partial charge is 0.464 e. The van der Waals surface area contributed by atoms with Crippen LogP contribution in [0, 0.1) is 0 Å². The minimum absolute atomic E-state index is 0.343. The van der Waals surface area contributed by atoms with Crippen LogP contribution in [0.5, 0.6) is 0 Å². The number of hydrogen-bond acceptors (Lipinski definition) is 4. The first-order valence-electron chi connectivity index (χ1n) is 5.72. The van der Waals surface area contributed by atoms with Crippen LogP contribution in [0.15, 0.2) is 16.6 Å². The van der Waals surface area contributed by atoms with Gasteiger partial charge in [-0.05, 0) is 47.3 Å². The van der Waals surface area contributed by atoms with Crippen LogP contribution in [0.2, 0.25) is 0 Å². The molecule has 0 radical (unpaired) electrons. The lowest BCUT2D eigenvalue weighted by molar-refractivity contribution is 0.0593.